The number of benzene rings is 2. The topological polar surface area (TPSA) is 89.0 Å². The first-order valence-electron chi connectivity index (χ1n) is 9.20. The maximum atomic E-state index is 11.6. The van der Waals surface area contributed by atoms with E-state index in [1.54, 1.807) is 18.2 Å². The van der Waals surface area contributed by atoms with E-state index in [1.165, 1.54) is 17.9 Å². The predicted octanol–water partition coefficient (Wildman–Crippen LogP) is 2.73. The maximum Gasteiger partial charge on any atom is 0.329 e. The van der Waals surface area contributed by atoms with Gasteiger partial charge in [0, 0.05) is 6.54 Å². The molecule has 2 aromatic rings. The highest BCUT2D eigenvalue weighted by Crippen LogP contribution is 2.29. The van der Waals surface area contributed by atoms with Gasteiger partial charge in [0.15, 0.2) is 11.5 Å². The van der Waals surface area contributed by atoms with Crippen LogP contribution in [0.5, 0.6) is 11.5 Å². The molecule has 0 fully saturated rings. The molecule has 0 saturated carbocycles. The van der Waals surface area contributed by atoms with Gasteiger partial charge in [-0.05, 0) is 43.2 Å². The van der Waals surface area contributed by atoms with Crippen LogP contribution in [-0.4, -0.2) is 31.2 Å². The van der Waals surface area contributed by atoms with E-state index in [2.05, 4.69) is 22.4 Å². The molecular weight excluding hydrogens is 370 g/mol. The molecule has 7 heteroatoms. The number of amides is 2. The fourth-order valence-electron chi connectivity index (χ4n) is 2.30. The van der Waals surface area contributed by atoms with E-state index in [4.69, 9.17) is 9.47 Å². The van der Waals surface area contributed by atoms with Crippen LogP contribution in [0, 0.1) is 6.92 Å². The molecule has 7 nitrogen and oxygen atoms in total. The van der Waals surface area contributed by atoms with Crippen molar-refractivity contribution in [1.29, 1.82) is 0 Å². The minimum absolute atomic E-state index is 0.206. The van der Waals surface area contributed by atoms with Gasteiger partial charge in [0.1, 0.15) is 6.61 Å². The highest BCUT2D eigenvalue weighted by molar-refractivity contribution is 6.35. The van der Waals surface area contributed by atoms with Crippen molar-refractivity contribution in [2.24, 2.45) is 5.10 Å². The Balaban J connectivity index is 2.00. The summed E-state index contributed by atoms with van der Waals surface area (Å²) in [5, 5.41) is 6.16. The second-order valence-electron chi connectivity index (χ2n) is 6.11. The summed E-state index contributed by atoms with van der Waals surface area (Å²) in [7, 11) is 0. The number of carbonyl (C=O) groups excluding carboxylic acids is 2. The van der Waals surface area contributed by atoms with Crippen molar-refractivity contribution in [3.05, 3.63) is 71.8 Å². The molecule has 0 aliphatic heterocycles. The Kier molecular flexibility index (Phi) is 8.44. The quantitative estimate of drug-likeness (QED) is 0.296. The van der Waals surface area contributed by atoms with Gasteiger partial charge in [-0.25, -0.2) is 5.43 Å². The van der Waals surface area contributed by atoms with Crippen LogP contribution in [0.4, 0.5) is 0 Å². The molecule has 0 aliphatic rings. The van der Waals surface area contributed by atoms with Crippen LogP contribution in [0.2, 0.25) is 0 Å². The van der Waals surface area contributed by atoms with Crippen molar-refractivity contribution >= 4 is 18.0 Å². The zero-order valence-electron chi connectivity index (χ0n) is 16.6. The normalized spacial score (nSPS) is 10.4. The summed E-state index contributed by atoms with van der Waals surface area (Å²) in [6.07, 6.45) is 2.90. The van der Waals surface area contributed by atoms with E-state index >= 15 is 0 Å². The van der Waals surface area contributed by atoms with Crippen LogP contribution in [0.25, 0.3) is 0 Å². The summed E-state index contributed by atoms with van der Waals surface area (Å²) in [5.74, 6) is -0.459. The number of hydrogen-bond acceptors (Lipinski definition) is 5. The fourth-order valence-corrected chi connectivity index (χ4v) is 2.30. The van der Waals surface area contributed by atoms with Crippen LogP contribution < -0.4 is 20.2 Å². The minimum atomic E-state index is -0.855. The highest BCUT2D eigenvalue weighted by atomic mass is 16.5. The van der Waals surface area contributed by atoms with E-state index in [0.717, 1.165) is 5.56 Å². The average molecular weight is 395 g/mol. The molecule has 29 heavy (non-hydrogen) atoms. The number of carbonyl (C=O) groups is 2. The Labute approximate surface area is 170 Å². The molecule has 2 amide bonds. The third-order valence-corrected chi connectivity index (χ3v) is 3.78. The smallest absolute Gasteiger partial charge is 0.329 e. The molecule has 0 radical (unpaired) electrons. The molecule has 0 spiro atoms. The second kappa shape index (κ2) is 11.3. The summed E-state index contributed by atoms with van der Waals surface area (Å²) < 4.78 is 11.5. The standard InChI is InChI=1S/C22H25N3O4/c1-4-12-23-21(26)22(27)25-24-14-18-10-11-19(20(13-18)28-5-2)29-15-17-8-6-16(3)7-9-17/h4,6-11,13-14H,1,5,12,15H2,2-3H3,(H,23,26)(H,25,27)/b24-14-. The van der Waals surface area contributed by atoms with E-state index < -0.39 is 11.8 Å². The Hall–Kier alpha value is -3.61. The van der Waals surface area contributed by atoms with Crippen molar-refractivity contribution in [3.8, 4) is 11.5 Å². The number of ether oxygens (including phenoxy) is 2. The largest absolute Gasteiger partial charge is 0.490 e. The molecule has 2 N–H and O–H groups in total. The van der Waals surface area contributed by atoms with Crippen molar-refractivity contribution < 1.29 is 19.1 Å². The van der Waals surface area contributed by atoms with Crippen molar-refractivity contribution in [2.45, 2.75) is 20.5 Å². The summed E-state index contributed by atoms with van der Waals surface area (Å²) in [6.45, 7) is 8.48. The second-order valence-corrected chi connectivity index (χ2v) is 6.11. The molecule has 0 heterocycles. The van der Waals surface area contributed by atoms with Crippen LogP contribution in [0.3, 0.4) is 0 Å². The lowest BCUT2D eigenvalue weighted by Crippen LogP contribution is -2.37. The maximum absolute atomic E-state index is 11.6. The minimum Gasteiger partial charge on any atom is -0.490 e. The van der Waals surface area contributed by atoms with Crippen LogP contribution in [0.1, 0.15) is 23.6 Å². The molecular formula is C22H25N3O4. The van der Waals surface area contributed by atoms with Crippen molar-refractivity contribution in [2.75, 3.05) is 13.2 Å². The molecule has 0 bridgehead atoms. The van der Waals surface area contributed by atoms with Gasteiger partial charge in [0.25, 0.3) is 0 Å². The lowest BCUT2D eigenvalue weighted by Gasteiger charge is -2.12. The number of nitrogens with zero attached hydrogens (tertiary/aromatic N) is 1. The molecule has 0 saturated heterocycles. The first kappa shape index (κ1) is 21.7. The lowest BCUT2D eigenvalue weighted by atomic mass is 10.2. The molecule has 0 aliphatic carbocycles. The zero-order chi connectivity index (χ0) is 21.1. The van der Waals surface area contributed by atoms with Crippen molar-refractivity contribution in [3.63, 3.8) is 0 Å². The number of hydrogen-bond donors (Lipinski definition) is 2. The number of rotatable bonds is 9. The van der Waals surface area contributed by atoms with Crippen LogP contribution in [-0.2, 0) is 16.2 Å². The Morgan fingerprint density at radius 3 is 2.52 bits per heavy atom. The van der Waals surface area contributed by atoms with Gasteiger partial charge in [-0.3, -0.25) is 9.59 Å². The highest BCUT2D eigenvalue weighted by Gasteiger charge is 2.11. The first-order valence-corrected chi connectivity index (χ1v) is 9.20. The molecule has 2 aromatic carbocycles. The Bertz CT molecular complexity index is 876. The van der Waals surface area contributed by atoms with Gasteiger partial charge in [-0.1, -0.05) is 35.9 Å². The van der Waals surface area contributed by atoms with Gasteiger partial charge in [-0.2, -0.15) is 5.10 Å². The Morgan fingerprint density at radius 2 is 1.83 bits per heavy atom. The molecule has 0 atom stereocenters. The fraction of sp³-hybridized carbons (Fsp3) is 0.227. The number of nitrogens with one attached hydrogen (secondary N) is 2. The predicted molar refractivity (Wildman–Crippen MR) is 112 cm³/mol. The van der Waals surface area contributed by atoms with E-state index in [-0.39, 0.29) is 6.54 Å². The third-order valence-electron chi connectivity index (χ3n) is 3.78. The summed E-state index contributed by atoms with van der Waals surface area (Å²) in [6, 6.07) is 13.4. The molecule has 152 valence electrons. The third kappa shape index (κ3) is 7.14. The van der Waals surface area contributed by atoms with Gasteiger partial charge in [0.05, 0.1) is 12.8 Å². The first-order chi connectivity index (χ1) is 14.0. The van der Waals surface area contributed by atoms with Crippen LogP contribution >= 0.6 is 0 Å². The van der Waals surface area contributed by atoms with Crippen molar-refractivity contribution in [1.82, 2.24) is 10.7 Å². The summed E-state index contributed by atoms with van der Waals surface area (Å²) in [4.78, 5) is 23.0. The van der Waals surface area contributed by atoms with E-state index in [0.29, 0.717) is 30.3 Å². The monoisotopic (exact) mass is 395 g/mol. The zero-order valence-corrected chi connectivity index (χ0v) is 16.6. The van der Waals surface area contributed by atoms with Gasteiger partial charge in [-0.15, -0.1) is 6.58 Å². The number of aryl methyl sites for hydroxylation is 1. The molecule has 2 rings (SSSR count). The SMILES string of the molecule is C=CCNC(=O)C(=O)N/N=C\c1ccc(OCc2ccc(C)cc2)c(OCC)c1. The summed E-state index contributed by atoms with van der Waals surface area (Å²) in [5.41, 5.74) is 5.10. The Morgan fingerprint density at radius 1 is 1.07 bits per heavy atom. The lowest BCUT2D eigenvalue weighted by molar-refractivity contribution is -0.139. The average Bonchev–Trinajstić information content (AvgIpc) is 2.72. The molecule has 0 unspecified atom stereocenters. The van der Waals surface area contributed by atoms with Gasteiger partial charge in [0.2, 0.25) is 0 Å². The molecule has 0 aromatic heterocycles. The number of hydrazone groups is 1. The van der Waals surface area contributed by atoms with Gasteiger partial charge < -0.3 is 14.8 Å². The van der Waals surface area contributed by atoms with E-state index in [1.807, 2.05) is 38.1 Å². The van der Waals surface area contributed by atoms with Gasteiger partial charge >= 0.3 is 11.8 Å². The summed E-state index contributed by atoms with van der Waals surface area (Å²) >= 11 is 0. The van der Waals surface area contributed by atoms with Crippen LogP contribution in [0.15, 0.2) is 60.2 Å². The van der Waals surface area contributed by atoms with E-state index in [9.17, 15) is 9.59 Å².